The number of rotatable bonds is 3. The van der Waals surface area contributed by atoms with E-state index in [4.69, 9.17) is 11.6 Å². The second-order valence-electron chi connectivity index (χ2n) is 7.52. The molecule has 2 aromatic carbocycles. The van der Waals surface area contributed by atoms with Crippen LogP contribution in [0.15, 0.2) is 60.7 Å². The Morgan fingerprint density at radius 1 is 0.893 bits per heavy atom. The normalized spacial score (nSPS) is 27.4. The van der Waals surface area contributed by atoms with Gasteiger partial charge in [0.1, 0.15) is 0 Å². The van der Waals surface area contributed by atoms with Crippen LogP contribution in [0.4, 0.5) is 11.4 Å². The van der Waals surface area contributed by atoms with Crippen LogP contribution in [0, 0.1) is 23.7 Å². The molecule has 6 heteroatoms. The molecule has 3 aliphatic rings. The van der Waals surface area contributed by atoms with Crippen LogP contribution >= 0.6 is 11.6 Å². The monoisotopic (exact) mass is 392 g/mol. The zero-order chi connectivity index (χ0) is 19.4. The van der Waals surface area contributed by atoms with Gasteiger partial charge in [-0.15, -0.1) is 0 Å². The minimum absolute atomic E-state index is 0.120. The molecule has 2 bridgehead atoms. The number of halogens is 1. The number of hydrogen-bond acceptors (Lipinski definition) is 3. The van der Waals surface area contributed by atoms with Gasteiger partial charge in [0, 0.05) is 16.3 Å². The Morgan fingerprint density at radius 2 is 1.46 bits per heavy atom. The zero-order valence-electron chi connectivity index (χ0n) is 14.8. The molecule has 1 aliphatic heterocycles. The summed E-state index contributed by atoms with van der Waals surface area (Å²) in [7, 11) is 0. The molecular formula is C22H17ClN2O3. The third-order valence-corrected chi connectivity index (χ3v) is 6.21. The number of carbonyl (C=O) groups excluding carboxylic acids is 3. The fourth-order valence-electron chi connectivity index (χ4n) is 4.66. The molecule has 5 rings (SSSR count). The van der Waals surface area contributed by atoms with Crippen molar-refractivity contribution in [1.82, 2.24) is 0 Å². The summed E-state index contributed by atoms with van der Waals surface area (Å²) in [6, 6.07) is 13.4. The summed E-state index contributed by atoms with van der Waals surface area (Å²) < 4.78 is 0. The highest BCUT2D eigenvalue weighted by atomic mass is 35.5. The molecule has 4 atom stereocenters. The van der Waals surface area contributed by atoms with Crippen molar-refractivity contribution in [2.75, 3.05) is 10.2 Å². The summed E-state index contributed by atoms with van der Waals surface area (Å²) in [6.45, 7) is 0. The van der Waals surface area contributed by atoms with Crippen molar-refractivity contribution < 1.29 is 14.4 Å². The molecule has 0 spiro atoms. The summed E-state index contributed by atoms with van der Waals surface area (Å²) in [6.07, 6.45) is 5.06. The van der Waals surface area contributed by atoms with E-state index in [0.29, 0.717) is 22.0 Å². The molecule has 2 fully saturated rings. The van der Waals surface area contributed by atoms with E-state index in [1.807, 2.05) is 0 Å². The number of fused-ring (bicyclic) bond motifs is 5. The Bertz CT molecular complexity index is 983. The van der Waals surface area contributed by atoms with Crippen molar-refractivity contribution in [3.8, 4) is 0 Å². The number of benzene rings is 2. The molecule has 0 radical (unpaired) electrons. The van der Waals surface area contributed by atoms with Gasteiger partial charge in [-0.3, -0.25) is 19.3 Å². The average molecular weight is 393 g/mol. The number of amides is 3. The molecule has 140 valence electrons. The lowest BCUT2D eigenvalue weighted by Crippen LogP contribution is -2.32. The third kappa shape index (κ3) is 2.58. The van der Waals surface area contributed by atoms with E-state index in [9.17, 15) is 14.4 Å². The molecule has 0 aromatic heterocycles. The maximum absolute atomic E-state index is 12.9. The fourth-order valence-corrected chi connectivity index (χ4v) is 4.78. The molecule has 1 N–H and O–H groups in total. The topological polar surface area (TPSA) is 66.5 Å². The zero-order valence-corrected chi connectivity index (χ0v) is 15.6. The summed E-state index contributed by atoms with van der Waals surface area (Å²) in [5, 5.41) is 3.38. The summed E-state index contributed by atoms with van der Waals surface area (Å²) in [5.41, 5.74) is 1.60. The highest BCUT2D eigenvalue weighted by Gasteiger charge is 2.59. The van der Waals surface area contributed by atoms with E-state index in [1.165, 1.54) is 4.90 Å². The predicted octanol–water partition coefficient (Wildman–Crippen LogP) is 3.90. The molecule has 1 saturated carbocycles. The Morgan fingerprint density at radius 3 is 2.04 bits per heavy atom. The second kappa shape index (κ2) is 6.31. The number of nitrogens with one attached hydrogen (secondary N) is 1. The van der Waals surface area contributed by atoms with Gasteiger partial charge >= 0.3 is 0 Å². The molecule has 1 heterocycles. The van der Waals surface area contributed by atoms with Crippen LogP contribution < -0.4 is 10.2 Å². The molecule has 2 aliphatic carbocycles. The van der Waals surface area contributed by atoms with E-state index >= 15 is 0 Å². The SMILES string of the molecule is O=C(Nc1ccc(Cl)cc1)c1ccc(N2C(=O)[C@@H]3[C@H](C2=O)[C@@H]2C=C[C@@H]3C2)cc1. The highest BCUT2D eigenvalue weighted by Crippen LogP contribution is 2.53. The van der Waals surface area contributed by atoms with Gasteiger partial charge in [-0.05, 0) is 66.8 Å². The molecular weight excluding hydrogens is 376 g/mol. The van der Waals surface area contributed by atoms with Crippen LogP contribution in [0.25, 0.3) is 0 Å². The number of imide groups is 1. The minimum Gasteiger partial charge on any atom is -0.322 e. The molecule has 28 heavy (non-hydrogen) atoms. The minimum atomic E-state index is -0.271. The lowest BCUT2D eigenvalue weighted by molar-refractivity contribution is -0.123. The Balaban J connectivity index is 1.34. The van der Waals surface area contributed by atoms with Crippen LogP contribution in [0.5, 0.6) is 0 Å². The number of carbonyl (C=O) groups is 3. The molecule has 5 nitrogen and oxygen atoms in total. The van der Waals surface area contributed by atoms with Gasteiger partial charge in [0.15, 0.2) is 0 Å². The van der Waals surface area contributed by atoms with Crippen LogP contribution in [0.3, 0.4) is 0 Å². The number of nitrogens with zero attached hydrogens (tertiary/aromatic N) is 1. The van der Waals surface area contributed by atoms with Crippen LogP contribution in [0.1, 0.15) is 16.8 Å². The number of hydrogen-bond donors (Lipinski definition) is 1. The van der Waals surface area contributed by atoms with E-state index in [-0.39, 0.29) is 41.4 Å². The Labute approximate surface area is 167 Å². The average Bonchev–Trinajstić information content (AvgIpc) is 3.38. The highest BCUT2D eigenvalue weighted by molar-refractivity contribution is 6.30. The summed E-state index contributed by atoms with van der Waals surface area (Å²) in [5.74, 6) is -0.602. The van der Waals surface area contributed by atoms with Crippen molar-refractivity contribution >= 4 is 40.7 Å². The van der Waals surface area contributed by atoms with Crippen molar-refractivity contribution in [2.24, 2.45) is 23.7 Å². The first kappa shape index (κ1) is 17.2. The molecule has 2 aromatic rings. The van der Waals surface area contributed by atoms with E-state index in [2.05, 4.69) is 17.5 Å². The van der Waals surface area contributed by atoms with Gasteiger partial charge in [-0.2, -0.15) is 0 Å². The van der Waals surface area contributed by atoms with Crippen molar-refractivity contribution in [1.29, 1.82) is 0 Å². The van der Waals surface area contributed by atoms with Gasteiger partial charge in [-0.25, -0.2) is 0 Å². The van der Waals surface area contributed by atoms with Crippen molar-refractivity contribution in [3.05, 3.63) is 71.3 Å². The third-order valence-electron chi connectivity index (χ3n) is 5.96. The smallest absolute Gasteiger partial charge is 0.255 e. The van der Waals surface area contributed by atoms with Crippen molar-refractivity contribution in [3.63, 3.8) is 0 Å². The van der Waals surface area contributed by atoms with Gasteiger partial charge in [0.25, 0.3) is 5.91 Å². The fraction of sp³-hybridized carbons (Fsp3) is 0.227. The standard InChI is InChI=1S/C22H17ClN2O3/c23-15-5-7-16(8-6-15)24-20(26)12-3-9-17(10-4-12)25-21(27)18-13-1-2-14(11-13)19(18)22(25)28/h1-10,13-14,18-19H,11H2,(H,24,26)/t13-,14-,18-,19+/m1/s1. The quantitative estimate of drug-likeness (QED) is 0.636. The van der Waals surface area contributed by atoms with Crippen LogP contribution in [-0.4, -0.2) is 17.7 Å². The maximum Gasteiger partial charge on any atom is 0.255 e. The van der Waals surface area contributed by atoms with Gasteiger partial charge in [-0.1, -0.05) is 23.8 Å². The van der Waals surface area contributed by atoms with E-state index in [0.717, 1.165) is 6.42 Å². The predicted molar refractivity (Wildman–Crippen MR) is 106 cm³/mol. The molecule has 1 saturated heterocycles. The van der Waals surface area contributed by atoms with Gasteiger partial charge in [0.2, 0.25) is 11.8 Å². The summed E-state index contributed by atoms with van der Waals surface area (Å²) in [4.78, 5) is 39.4. The first-order valence-electron chi connectivity index (χ1n) is 9.26. The number of allylic oxidation sites excluding steroid dienone is 2. The van der Waals surface area contributed by atoms with E-state index < -0.39 is 0 Å². The number of anilines is 2. The Kier molecular flexibility index (Phi) is 3.88. The lowest BCUT2D eigenvalue weighted by atomic mass is 9.85. The van der Waals surface area contributed by atoms with Gasteiger partial charge < -0.3 is 5.32 Å². The van der Waals surface area contributed by atoms with Crippen molar-refractivity contribution in [2.45, 2.75) is 6.42 Å². The van der Waals surface area contributed by atoms with Crippen LogP contribution in [-0.2, 0) is 9.59 Å². The van der Waals surface area contributed by atoms with Gasteiger partial charge in [0.05, 0.1) is 17.5 Å². The molecule has 0 unspecified atom stereocenters. The second-order valence-corrected chi connectivity index (χ2v) is 7.96. The first-order chi connectivity index (χ1) is 13.5. The van der Waals surface area contributed by atoms with E-state index in [1.54, 1.807) is 48.5 Å². The van der Waals surface area contributed by atoms with Crippen LogP contribution in [0.2, 0.25) is 5.02 Å². The lowest BCUT2D eigenvalue weighted by Gasteiger charge is -2.17. The first-order valence-corrected chi connectivity index (χ1v) is 9.64. The Hall–Kier alpha value is -2.92. The maximum atomic E-state index is 12.9. The summed E-state index contributed by atoms with van der Waals surface area (Å²) >= 11 is 5.85. The largest absolute Gasteiger partial charge is 0.322 e. The molecule has 3 amide bonds.